The van der Waals surface area contributed by atoms with Gasteiger partial charge in [0.1, 0.15) is 5.75 Å². The first kappa shape index (κ1) is 17.1. The number of benzene rings is 2. The molecule has 2 rings (SSSR count). The second kappa shape index (κ2) is 6.89. The van der Waals surface area contributed by atoms with Gasteiger partial charge in [0.05, 0.1) is 16.3 Å². The Morgan fingerprint density at radius 1 is 1.22 bits per heavy atom. The normalized spacial score (nSPS) is 11.0. The van der Waals surface area contributed by atoms with Gasteiger partial charge in [0, 0.05) is 11.4 Å². The molecular formula is C15H15ClN2O4S. The molecule has 0 aliphatic rings. The van der Waals surface area contributed by atoms with E-state index in [9.17, 15) is 18.3 Å². The largest absolute Gasteiger partial charge is 0.506 e. The number of halogens is 1. The van der Waals surface area contributed by atoms with Crippen LogP contribution in [0.25, 0.3) is 0 Å². The third-order valence-electron chi connectivity index (χ3n) is 2.95. The van der Waals surface area contributed by atoms with Crippen LogP contribution in [0.3, 0.4) is 0 Å². The van der Waals surface area contributed by atoms with Crippen molar-refractivity contribution in [1.82, 2.24) is 0 Å². The number of carbonyl (C=O) groups excluding carboxylic acids is 1. The lowest BCUT2D eigenvalue weighted by Gasteiger charge is -2.11. The second-order valence-corrected chi connectivity index (χ2v) is 6.82. The van der Waals surface area contributed by atoms with Gasteiger partial charge in [-0.25, -0.2) is 8.42 Å². The number of hydrogen-bond donors (Lipinski definition) is 3. The van der Waals surface area contributed by atoms with Crippen molar-refractivity contribution in [2.75, 3.05) is 10.0 Å². The minimum atomic E-state index is -3.88. The monoisotopic (exact) mass is 354 g/mol. The molecule has 0 spiro atoms. The van der Waals surface area contributed by atoms with Gasteiger partial charge in [-0.1, -0.05) is 24.6 Å². The van der Waals surface area contributed by atoms with Crippen molar-refractivity contribution in [3.05, 3.63) is 47.5 Å². The summed E-state index contributed by atoms with van der Waals surface area (Å²) in [6, 6.07) is 9.91. The molecule has 0 atom stereocenters. The van der Waals surface area contributed by atoms with Crippen LogP contribution in [0.1, 0.15) is 13.3 Å². The number of carbonyl (C=O) groups is 1. The molecule has 0 saturated carbocycles. The fourth-order valence-electron chi connectivity index (χ4n) is 1.79. The van der Waals surface area contributed by atoms with Crippen LogP contribution in [-0.2, 0) is 14.8 Å². The smallest absolute Gasteiger partial charge is 0.261 e. The zero-order valence-electron chi connectivity index (χ0n) is 12.2. The fraction of sp³-hybridized carbons (Fsp3) is 0.133. The molecular weight excluding hydrogens is 340 g/mol. The van der Waals surface area contributed by atoms with E-state index in [2.05, 4.69) is 10.0 Å². The summed E-state index contributed by atoms with van der Waals surface area (Å²) >= 11 is 5.82. The van der Waals surface area contributed by atoms with Gasteiger partial charge in [0.25, 0.3) is 10.0 Å². The predicted octanol–water partition coefficient (Wildman–Crippen LogP) is 3.19. The third kappa shape index (κ3) is 4.37. The third-order valence-corrected chi connectivity index (χ3v) is 4.56. The number of phenols is 1. The molecule has 0 aromatic heterocycles. The molecule has 23 heavy (non-hydrogen) atoms. The van der Waals surface area contributed by atoms with Crippen molar-refractivity contribution in [2.45, 2.75) is 18.2 Å². The van der Waals surface area contributed by atoms with Crippen LogP contribution in [0.5, 0.6) is 5.75 Å². The molecule has 2 aromatic rings. The number of sulfonamides is 1. The summed E-state index contributed by atoms with van der Waals surface area (Å²) in [6.07, 6.45) is 0.206. The summed E-state index contributed by atoms with van der Waals surface area (Å²) in [5.74, 6) is -0.550. The molecule has 122 valence electrons. The molecule has 8 heteroatoms. The number of hydrogen-bond acceptors (Lipinski definition) is 4. The molecule has 0 radical (unpaired) electrons. The molecule has 0 unspecified atom stereocenters. The molecule has 0 saturated heterocycles. The van der Waals surface area contributed by atoms with E-state index in [1.54, 1.807) is 25.1 Å². The number of anilines is 2. The number of amides is 1. The van der Waals surface area contributed by atoms with Crippen LogP contribution in [-0.4, -0.2) is 19.4 Å². The highest BCUT2D eigenvalue weighted by atomic mass is 35.5. The lowest BCUT2D eigenvalue weighted by Crippen LogP contribution is -2.14. The highest BCUT2D eigenvalue weighted by molar-refractivity contribution is 7.92. The maximum absolute atomic E-state index is 12.4. The zero-order chi connectivity index (χ0) is 17.0. The summed E-state index contributed by atoms with van der Waals surface area (Å²) < 4.78 is 27.1. The Kier molecular flexibility index (Phi) is 5.12. The quantitative estimate of drug-likeness (QED) is 0.718. The Bertz CT molecular complexity index is 837. The average molecular weight is 355 g/mol. The van der Waals surface area contributed by atoms with Gasteiger partial charge in [-0.15, -0.1) is 0 Å². The van der Waals surface area contributed by atoms with Crippen LogP contribution < -0.4 is 10.0 Å². The molecule has 0 aliphatic carbocycles. The van der Waals surface area contributed by atoms with Gasteiger partial charge in [-0.05, 0) is 36.4 Å². The van der Waals surface area contributed by atoms with Gasteiger partial charge in [-0.3, -0.25) is 9.52 Å². The molecule has 6 nitrogen and oxygen atoms in total. The minimum absolute atomic E-state index is 0.0332. The van der Waals surface area contributed by atoms with Crippen molar-refractivity contribution in [1.29, 1.82) is 0 Å². The van der Waals surface area contributed by atoms with Crippen LogP contribution in [0.2, 0.25) is 5.02 Å². The Balaban J connectivity index is 2.32. The van der Waals surface area contributed by atoms with E-state index in [1.807, 2.05) is 0 Å². The Labute approximate surface area is 139 Å². The summed E-state index contributed by atoms with van der Waals surface area (Å²) in [5.41, 5.74) is 0.343. The predicted molar refractivity (Wildman–Crippen MR) is 89.3 cm³/mol. The highest BCUT2D eigenvalue weighted by Gasteiger charge is 2.17. The zero-order valence-corrected chi connectivity index (χ0v) is 13.8. The van der Waals surface area contributed by atoms with Crippen molar-refractivity contribution in [2.24, 2.45) is 0 Å². The topological polar surface area (TPSA) is 95.5 Å². The number of nitrogens with one attached hydrogen (secondary N) is 2. The van der Waals surface area contributed by atoms with Crippen molar-refractivity contribution in [3.8, 4) is 5.75 Å². The summed E-state index contributed by atoms with van der Waals surface area (Å²) in [5, 5.41) is 12.6. The van der Waals surface area contributed by atoms with E-state index >= 15 is 0 Å². The van der Waals surface area contributed by atoms with E-state index in [0.717, 1.165) is 0 Å². The van der Waals surface area contributed by atoms with Gasteiger partial charge in [-0.2, -0.15) is 0 Å². The maximum atomic E-state index is 12.4. The van der Waals surface area contributed by atoms with E-state index in [0.29, 0.717) is 10.7 Å². The lowest BCUT2D eigenvalue weighted by molar-refractivity contribution is -0.115. The Hall–Kier alpha value is -2.25. The number of rotatable bonds is 5. The molecule has 0 fully saturated rings. The summed E-state index contributed by atoms with van der Waals surface area (Å²) in [6.45, 7) is 1.65. The van der Waals surface area contributed by atoms with E-state index < -0.39 is 10.0 Å². The Morgan fingerprint density at radius 3 is 2.61 bits per heavy atom. The van der Waals surface area contributed by atoms with Crippen LogP contribution >= 0.6 is 11.6 Å². The second-order valence-electron chi connectivity index (χ2n) is 4.70. The summed E-state index contributed by atoms with van der Waals surface area (Å²) in [7, 11) is -3.88. The van der Waals surface area contributed by atoms with Crippen LogP contribution in [0.15, 0.2) is 47.4 Å². The van der Waals surface area contributed by atoms with Crippen molar-refractivity contribution >= 4 is 38.9 Å². The van der Waals surface area contributed by atoms with Crippen LogP contribution in [0, 0.1) is 0 Å². The molecule has 2 aromatic carbocycles. The van der Waals surface area contributed by atoms with Gasteiger partial charge in [0.2, 0.25) is 5.91 Å². The van der Waals surface area contributed by atoms with Gasteiger partial charge >= 0.3 is 0 Å². The standard InChI is InChI=1S/C15H15ClN2O4S/c1-2-15(20)17-13-9-12(6-7-14(13)19)23(21,22)18-11-5-3-4-10(16)8-11/h3-9,18-19H,2H2,1H3,(H,17,20). The SMILES string of the molecule is CCC(=O)Nc1cc(S(=O)(=O)Nc2cccc(Cl)c2)ccc1O. The van der Waals surface area contributed by atoms with E-state index in [-0.39, 0.29) is 28.7 Å². The average Bonchev–Trinajstić information content (AvgIpc) is 2.48. The lowest BCUT2D eigenvalue weighted by atomic mass is 10.3. The molecule has 0 bridgehead atoms. The van der Waals surface area contributed by atoms with E-state index in [4.69, 9.17) is 11.6 Å². The fourth-order valence-corrected chi connectivity index (χ4v) is 3.05. The van der Waals surface area contributed by atoms with Crippen molar-refractivity contribution in [3.63, 3.8) is 0 Å². The number of aromatic hydroxyl groups is 1. The van der Waals surface area contributed by atoms with E-state index in [1.165, 1.54) is 24.3 Å². The van der Waals surface area contributed by atoms with Gasteiger partial charge < -0.3 is 10.4 Å². The number of phenolic OH excluding ortho intramolecular Hbond substituents is 1. The first-order valence-electron chi connectivity index (χ1n) is 6.73. The molecule has 1 amide bonds. The van der Waals surface area contributed by atoms with Crippen LogP contribution in [0.4, 0.5) is 11.4 Å². The first-order chi connectivity index (χ1) is 10.8. The maximum Gasteiger partial charge on any atom is 0.261 e. The van der Waals surface area contributed by atoms with Gasteiger partial charge in [0.15, 0.2) is 0 Å². The first-order valence-corrected chi connectivity index (χ1v) is 8.59. The summed E-state index contributed by atoms with van der Waals surface area (Å²) in [4.78, 5) is 11.3. The highest BCUT2D eigenvalue weighted by Crippen LogP contribution is 2.28. The molecule has 3 N–H and O–H groups in total. The molecule has 0 heterocycles. The molecule has 0 aliphatic heterocycles. The Morgan fingerprint density at radius 2 is 1.96 bits per heavy atom. The van der Waals surface area contributed by atoms with Crippen molar-refractivity contribution < 1.29 is 18.3 Å². The minimum Gasteiger partial charge on any atom is -0.506 e.